The van der Waals surface area contributed by atoms with Crippen molar-refractivity contribution in [2.24, 2.45) is 5.92 Å². The predicted molar refractivity (Wildman–Crippen MR) is 275 cm³/mol. The molecule has 308 valence electrons. The fraction of sp³-hybridized carbons (Fsp3) is 0.0476. The van der Waals surface area contributed by atoms with E-state index in [2.05, 4.69) is 236 Å². The molecule has 1 heterocycles. The molecule has 11 aromatic rings. The van der Waals surface area contributed by atoms with Gasteiger partial charge in [-0.05, 0) is 126 Å². The number of anilines is 2. The Morgan fingerprint density at radius 1 is 0.400 bits per heavy atom. The molecule has 2 heteroatoms. The van der Waals surface area contributed by atoms with Gasteiger partial charge in [-0.15, -0.1) is 0 Å². The third kappa shape index (κ3) is 7.01. The molecule has 2 nitrogen and oxygen atoms in total. The van der Waals surface area contributed by atoms with Gasteiger partial charge in [0.15, 0.2) is 0 Å². The third-order valence-corrected chi connectivity index (χ3v) is 13.2. The Kier molecular flexibility index (Phi) is 9.57. The first-order chi connectivity index (χ1) is 32.1. The maximum Gasteiger partial charge on any atom is 0.136 e. The van der Waals surface area contributed by atoms with Crippen LogP contribution in [0.2, 0.25) is 0 Å². The van der Waals surface area contributed by atoms with Crippen LogP contribution in [0.1, 0.15) is 18.9 Å². The van der Waals surface area contributed by atoms with Gasteiger partial charge >= 0.3 is 0 Å². The van der Waals surface area contributed by atoms with E-state index < -0.39 is 0 Å². The molecule has 0 aliphatic heterocycles. The first-order valence-corrected chi connectivity index (χ1v) is 22.6. The minimum absolute atomic E-state index is 0.379. The number of furan rings is 1. The highest BCUT2D eigenvalue weighted by atomic mass is 16.3. The van der Waals surface area contributed by atoms with Gasteiger partial charge < -0.3 is 9.32 Å². The Bertz CT molecular complexity index is 3600. The maximum atomic E-state index is 6.30. The molecule has 10 aromatic carbocycles. The highest BCUT2D eigenvalue weighted by Crippen LogP contribution is 2.45. The SMILES string of the molecule is CC1C=C(c2cccc3cccc(-c4ccccc4)c23)C(N(c2ccc(-c3ccc(-c4cccc5ccccc45)cc3)cc2)c2ccc(-c3ccc4c(c3)oc3ccccc34)cc2)=CC1. The Labute approximate surface area is 379 Å². The van der Waals surface area contributed by atoms with Crippen LogP contribution >= 0.6 is 0 Å². The molecule has 0 saturated heterocycles. The number of nitrogens with zero attached hydrogens (tertiary/aromatic N) is 1. The summed E-state index contributed by atoms with van der Waals surface area (Å²) in [6.45, 7) is 2.33. The second kappa shape index (κ2) is 16.2. The summed E-state index contributed by atoms with van der Waals surface area (Å²) >= 11 is 0. The van der Waals surface area contributed by atoms with Crippen molar-refractivity contribution in [1.29, 1.82) is 0 Å². The highest BCUT2D eigenvalue weighted by molar-refractivity contribution is 6.08. The lowest BCUT2D eigenvalue weighted by molar-refractivity contribution is 0.669. The molecule has 65 heavy (non-hydrogen) atoms. The van der Waals surface area contributed by atoms with E-state index in [1.807, 2.05) is 12.1 Å². The normalized spacial score (nSPS) is 13.9. The average Bonchev–Trinajstić information content (AvgIpc) is 3.75. The fourth-order valence-electron chi connectivity index (χ4n) is 9.97. The van der Waals surface area contributed by atoms with Crippen molar-refractivity contribution >= 4 is 60.4 Å². The van der Waals surface area contributed by atoms with E-state index in [0.29, 0.717) is 5.92 Å². The second-order valence-corrected chi connectivity index (χ2v) is 17.3. The topological polar surface area (TPSA) is 16.4 Å². The van der Waals surface area contributed by atoms with E-state index in [0.717, 1.165) is 50.9 Å². The van der Waals surface area contributed by atoms with Crippen molar-refractivity contribution in [3.8, 4) is 44.5 Å². The zero-order valence-corrected chi connectivity index (χ0v) is 36.2. The largest absolute Gasteiger partial charge is 0.456 e. The van der Waals surface area contributed by atoms with E-state index in [1.54, 1.807) is 0 Å². The van der Waals surface area contributed by atoms with Gasteiger partial charge in [-0.1, -0.05) is 201 Å². The second-order valence-electron chi connectivity index (χ2n) is 17.3. The number of fused-ring (bicyclic) bond motifs is 5. The first kappa shape index (κ1) is 38.5. The molecule has 0 bridgehead atoms. The molecular formula is C63H45NO. The van der Waals surface area contributed by atoms with Crippen molar-refractivity contribution in [3.05, 3.63) is 248 Å². The molecular weight excluding hydrogens is 787 g/mol. The van der Waals surface area contributed by atoms with Crippen LogP contribution in [0, 0.1) is 5.92 Å². The highest BCUT2D eigenvalue weighted by Gasteiger charge is 2.25. The number of para-hydroxylation sites is 1. The number of allylic oxidation sites excluding steroid dienone is 3. The van der Waals surface area contributed by atoms with Gasteiger partial charge in [-0.2, -0.15) is 0 Å². The van der Waals surface area contributed by atoms with E-state index in [-0.39, 0.29) is 0 Å². The number of rotatable bonds is 8. The van der Waals surface area contributed by atoms with Gasteiger partial charge in [0, 0.05) is 33.4 Å². The quantitative estimate of drug-likeness (QED) is 0.152. The van der Waals surface area contributed by atoms with Gasteiger partial charge in [-0.3, -0.25) is 0 Å². The summed E-state index contributed by atoms with van der Waals surface area (Å²) in [7, 11) is 0. The van der Waals surface area contributed by atoms with Crippen LogP contribution < -0.4 is 4.90 Å². The molecule has 0 spiro atoms. The molecule has 0 saturated carbocycles. The van der Waals surface area contributed by atoms with E-state index in [9.17, 15) is 0 Å². The monoisotopic (exact) mass is 831 g/mol. The molecule has 1 aliphatic carbocycles. The van der Waals surface area contributed by atoms with E-state index in [1.165, 1.54) is 71.8 Å². The molecule has 1 aromatic heterocycles. The van der Waals surface area contributed by atoms with Crippen molar-refractivity contribution in [2.75, 3.05) is 4.90 Å². The third-order valence-electron chi connectivity index (χ3n) is 13.2. The smallest absolute Gasteiger partial charge is 0.136 e. The maximum absolute atomic E-state index is 6.30. The van der Waals surface area contributed by atoms with Gasteiger partial charge in [0.05, 0.1) is 0 Å². The Morgan fingerprint density at radius 2 is 0.923 bits per heavy atom. The molecule has 0 amide bonds. The van der Waals surface area contributed by atoms with Crippen LogP contribution in [0.25, 0.3) is 93.6 Å². The number of hydrogen-bond donors (Lipinski definition) is 0. The summed E-state index contributed by atoms with van der Waals surface area (Å²) in [6, 6.07) is 81.4. The Balaban J connectivity index is 0.955. The van der Waals surface area contributed by atoms with Crippen LogP contribution in [0.5, 0.6) is 0 Å². The van der Waals surface area contributed by atoms with Gasteiger partial charge in [-0.25, -0.2) is 0 Å². The van der Waals surface area contributed by atoms with Crippen LogP contribution in [0.4, 0.5) is 11.4 Å². The zero-order valence-electron chi connectivity index (χ0n) is 36.2. The first-order valence-electron chi connectivity index (χ1n) is 22.6. The minimum atomic E-state index is 0.379. The molecule has 1 atom stereocenters. The molecule has 1 unspecified atom stereocenters. The minimum Gasteiger partial charge on any atom is -0.456 e. The van der Waals surface area contributed by atoms with Crippen LogP contribution in [-0.4, -0.2) is 0 Å². The van der Waals surface area contributed by atoms with Gasteiger partial charge in [0.2, 0.25) is 0 Å². The Hall–Kier alpha value is -8.20. The summed E-state index contributed by atoms with van der Waals surface area (Å²) in [6.07, 6.45) is 5.89. The molecule has 0 radical (unpaired) electrons. The fourth-order valence-corrected chi connectivity index (χ4v) is 9.97. The summed E-state index contributed by atoms with van der Waals surface area (Å²) in [5.74, 6) is 0.379. The Morgan fingerprint density at radius 3 is 1.66 bits per heavy atom. The lowest BCUT2D eigenvalue weighted by atomic mass is 9.85. The van der Waals surface area contributed by atoms with Crippen molar-refractivity contribution in [2.45, 2.75) is 13.3 Å². The number of hydrogen-bond acceptors (Lipinski definition) is 2. The lowest BCUT2D eigenvalue weighted by Crippen LogP contribution is -2.20. The van der Waals surface area contributed by atoms with Crippen molar-refractivity contribution < 1.29 is 4.42 Å². The molecule has 12 rings (SSSR count). The van der Waals surface area contributed by atoms with Crippen LogP contribution in [0.3, 0.4) is 0 Å². The van der Waals surface area contributed by atoms with E-state index in [4.69, 9.17) is 4.42 Å². The molecule has 1 aliphatic rings. The average molecular weight is 832 g/mol. The molecule has 0 N–H and O–H groups in total. The van der Waals surface area contributed by atoms with Crippen LogP contribution in [-0.2, 0) is 0 Å². The predicted octanol–water partition coefficient (Wildman–Crippen LogP) is 17.7. The lowest BCUT2D eigenvalue weighted by Gasteiger charge is -2.33. The van der Waals surface area contributed by atoms with Gasteiger partial charge in [0.25, 0.3) is 0 Å². The van der Waals surface area contributed by atoms with Crippen molar-refractivity contribution in [1.82, 2.24) is 0 Å². The zero-order chi connectivity index (χ0) is 43.3. The standard InChI is InChI=1S/C63H45NO/c1-42-24-39-60(59(40-42)58-22-11-17-49-16-10-21-55(63(49)58)47-12-3-2-4-13-47)64(52-36-31-45(32-37-52)50-33-38-57-56-19-7-8-23-61(56)65-62(57)41-50)51-34-29-44(30-35-51)43-25-27-48(28-26-43)54-20-9-15-46-14-5-6-18-53(46)54/h2-23,25-42H,24H2,1H3. The molecule has 0 fully saturated rings. The summed E-state index contributed by atoms with van der Waals surface area (Å²) < 4.78 is 6.30. The van der Waals surface area contributed by atoms with E-state index >= 15 is 0 Å². The summed E-state index contributed by atoms with van der Waals surface area (Å²) in [5, 5.41) is 7.31. The summed E-state index contributed by atoms with van der Waals surface area (Å²) in [5.41, 5.74) is 17.2. The van der Waals surface area contributed by atoms with Crippen LogP contribution in [0.15, 0.2) is 247 Å². The number of benzene rings is 10. The van der Waals surface area contributed by atoms with Crippen molar-refractivity contribution in [3.63, 3.8) is 0 Å². The summed E-state index contributed by atoms with van der Waals surface area (Å²) in [4.78, 5) is 2.46. The van der Waals surface area contributed by atoms with Gasteiger partial charge in [0.1, 0.15) is 11.2 Å².